The quantitative estimate of drug-likeness (QED) is 0.427. The number of fused-ring (bicyclic) bond motifs is 1. The van der Waals surface area contributed by atoms with Crippen LogP contribution in [0.5, 0.6) is 0 Å². The molecule has 1 heterocycles. The van der Waals surface area contributed by atoms with Gasteiger partial charge in [0, 0.05) is 29.6 Å². The molecule has 1 aromatic heterocycles. The van der Waals surface area contributed by atoms with E-state index >= 15 is 0 Å². The fourth-order valence-corrected chi connectivity index (χ4v) is 1.70. The van der Waals surface area contributed by atoms with Crippen molar-refractivity contribution < 1.29 is 0 Å². The van der Waals surface area contributed by atoms with Crippen LogP contribution in [-0.2, 0) is 13.5 Å². The van der Waals surface area contributed by atoms with E-state index in [9.17, 15) is 0 Å². The second-order valence-corrected chi connectivity index (χ2v) is 3.29. The van der Waals surface area contributed by atoms with Crippen molar-refractivity contribution in [2.24, 2.45) is 12.2 Å². The molecule has 76 valence electrons. The van der Waals surface area contributed by atoms with Gasteiger partial charge in [-0.25, -0.2) is 0 Å². The average molecular weight is 201 g/mol. The van der Waals surface area contributed by atoms with E-state index in [4.69, 9.17) is 5.53 Å². The van der Waals surface area contributed by atoms with Crippen LogP contribution in [0.1, 0.15) is 5.69 Å². The Bertz CT molecular complexity index is 522. The molecule has 2 aromatic rings. The van der Waals surface area contributed by atoms with E-state index in [-0.39, 0.29) is 0 Å². The molecule has 0 aliphatic carbocycles. The van der Waals surface area contributed by atoms with E-state index < -0.39 is 0 Å². The average Bonchev–Trinajstić information content (AvgIpc) is 2.56. The molecule has 0 fully saturated rings. The lowest BCUT2D eigenvalue weighted by molar-refractivity contribution is 0.715. The number of hydrogen-bond acceptors (Lipinski definition) is 2. The molecule has 5 heteroatoms. The first-order chi connectivity index (χ1) is 7.33. The van der Waals surface area contributed by atoms with Gasteiger partial charge in [0.1, 0.15) is 0 Å². The normalized spacial score (nSPS) is 10.2. The number of aromatic nitrogens is 2. The molecule has 0 spiro atoms. The van der Waals surface area contributed by atoms with Crippen molar-refractivity contribution in [1.29, 1.82) is 0 Å². The fourth-order valence-electron chi connectivity index (χ4n) is 1.70. The molecule has 5 nitrogen and oxygen atoms in total. The van der Waals surface area contributed by atoms with Gasteiger partial charge in [0.15, 0.2) is 0 Å². The third kappa shape index (κ3) is 1.78. The first-order valence-corrected chi connectivity index (χ1v) is 4.74. The van der Waals surface area contributed by atoms with Crippen molar-refractivity contribution in [1.82, 2.24) is 9.78 Å². The van der Waals surface area contributed by atoms with E-state index in [1.165, 1.54) is 0 Å². The Morgan fingerprint density at radius 1 is 1.47 bits per heavy atom. The lowest BCUT2D eigenvalue weighted by Gasteiger charge is -1.98. The molecule has 1 aromatic carbocycles. The van der Waals surface area contributed by atoms with E-state index in [1.807, 2.05) is 36.0 Å². The minimum Gasteiger partial charge on any atom is -0.271 e. The number of hydrogen-bond donors (Lipinski definition) is 0. The molecule has 0 amide bonds. The minimum atomic E-state index is 0.472. The zero-order valence-corrected chi connectivity index (χ0v) is 8.46. The van der Waals surface area contributed by atoms with Crippen molar-refractivity contribution >= 4 is 10.9 Å². The second kappa shape index (κ2) is 4.02. The Kier molecular flexibility index (Phi) is 2.56. The fraction of sp³-hybridized carbons (Fsp3) is 0.300. The van der Waals surface area contributed by atoms with Gasteiger partial charge in [0.05, 0.1) is 5.52 Å². The molecule has 0 N–H and O–H groups in total. The lowest BCUT2D eigenvalue weighted by atomic mass is 10.2. The highest BCUT2D eigenvalue weighted by atomic mass is 15.3. The summed E-state index contributed by atoms with van der Waals surface area (Å²) in [6.45, 7) is 0.472. The summed E-state index contributed by atoms with van der Waals surface area (Å²) in [6, 6.07) is 7.97. The SMILES string of the molecule is Cn1nc2ccccc2c1CCN=[N+]=[N-]. The van der Waals surface area contributed by atoms with Crippen LogP contribution in [0.2, 0.25) is 0 Å². The minimum absolute atomic E-state index is 0.472. The maximum atomic E-state index is 8.21. The van der Waals surface area contributed by atoms with Gasteiger partial charge in [-0.05, 0) is 18.0 Å². The molecule has 0 aliphatic rings. The summed E-state index contributed by atoms with van der Waals surface area (Å²) in [5, 5.41) is 9.04. The zero-order chi connectivity index (χ0) is 10.7. The third-order valence-electron chi connectivity index (χ3n) is 2.38. The maximum absolute atomic E-state index is 8.21. The van der Waals surface area contributed by atoms with Gasteiger partial charge in [-0.3, -0.25) is 4.68 Å². The predicted molar refractivity (Wildman–Crippen MR) is 58.4 cm³/mol. The van der Waals surface area contributed by atoms with Crippen LogP contribution in [0, 0.1) is 0 Å². The standard InChI is InChI=1S/C10H11N5/c1-15-10(6-7-12-14-11)8-4-2-3-5-9(8)13-15/h2-5H,6-7H2,1H3. The van der Waals surface area contributed by atoms with Crippen LogP contribution in [0.25, 0.3) is 21.3 Å². The van der Waals surface area contributed by atoms with Crippen molar-refractivity contribution in [2.75, 3.05) is 6.54 Å². The highest BCUT2D eigenvalue weighted by Gasteiger charge is 2.06. The molecular weight excluding hydrogens is 190 g/mol. The highest BCUT2D eigenvalue weighted by Crippen LogP contribution is 2.17. The maximum Gasteiger partial charge on any atom is 0.0926 e. The van der Waals surface area contributed by atoms with E-state index in [0.29, 0.717) is 6.54 Å². The van der Waals surface area contributed by atoms with Crippen LogP contribution < -0.4 is 0 Å². The second-order valence-electron chi connectivity index (χ2n) is 3.29. The van der Waals surface area contributed by atoms with Gasteiger partial charge in [-0.1, -0.05) is 23.3 Å². The summed E-state index contributed by atoms with van der Waals surface area (Å²) < 4.78 is 1.84. The zero-order valence-electron chi connectivity index (χ0n) is 8.46. The van der Waals surface area contributed by atoms with Gasteiger partial charge in [0.25, 0.3) is 0 Å². The summed E-state index contributed by atoms with van der Waals surface area (Å²) in [7, 11) is 1.91. The largest absolute Gasteiger partial charge is 0.271 e. The Morgan fingerprint density at radius 3 is 3.07 bits per heavy atom. The highest BCUT2D eigenvalue weighted by molar-refractivity contribution is 5.81. The molecular formula is C10H11N5. The first-order valence-electron chi connectivity index (χ1n) is 4.74. The molecule has 2 rings (SSSR count). The number of aryl methyl sites for hydroxylation is 1. The summed E-state index contributed by atoms with van der Waals surface area (Å²) in [5.41, 5.74) is 10.3. The molecule has 0 aliphatic heterocycles. The Balaban J connectivity index is 2.40. The monoisotopic (exact) mass is 201 g/mol. The number of benzene rings is 1. The van der Waals surface area contributed by atoms with Crippen molar-refractivity contribution in [3.63, 3.8) is 0 Å². The van der Waals surface area contributed by atoms with Crippen molar-refractivity contribution in [2.45, 2.75) is 6.42 Å². The van der Waals surface area contributed by atoms with Crippen molar-refractivity contribution in [3.8, 4) is 0 Å². The molecule has 0 saturated carbocycles. The number of azide groups is 1. The van der Waals surface area contributed by atoms with Crippen molar-refractivity contribution in [3.05, 3.63) is 40.4 Å². The van der Waals surface area contributed by atoms with Crippen LogP contribution >= 0.6 is 0 Å². The summed E-state index contributed by atoms with van der Waals surface area (Å²) in [5.74, 6) is 0. The third-order valence-corrected chi connectivity index (χ3v) is 2.38. The Labute approximate surface area is 86.9 Å². The molecule has 15 heavy (non-hydrogen) atoms. The summed E-state index contributed by atoms with van der Waals surface area (Å²) in [6.07, 6.45) is 0.723. The molecule has 0 radical (unpaired) electrons. The van der Waals surface area contributed by atoms with Gasteiger partial charge in [-0.2, -0.15) is 5.10 Å². The van der Waals surface area contributed by atoms with Gasteiger partial charge >= 0.3 is 0 Å². The number of nitrogens with zero attached hydrogens (tertiary/aromatic N) is 5. The smallest absolute Gasteiger partial charge is 0.0926 e. The van der Waals surface area contributed by atoms with Crippen LogP contribution in [0.3, 0.4) is 0 Å². The topological polar surface area (TPSA) is 66.6 Å². The summed E-state index contributed by atoms with van der Waals surface area (Å²) in [4.78, 5) is 2.74. The Morgan fingerprint density at radius 2 is 2.27 bits per heavy atom. The van der Waals surface area contributed by atoms with Crippen LogP contribution in [0.15, 0.2) is 29.4 Å². The molecule has 0 atom stereocenters. The first kappa shape index (κ1) is 9.55. The lowest BCUT2D eigenvalue weighted by Crippen LogP contribution is -1.99. The van der Waals surface area contributed by atoms with Gasteiger partial charge in [0.2, 0.25) is 0 Å². The predicted octanol–water partition coefficient (Wildman–Crippen LogP) is 2.43. The van der Waals surface area contributed by atoms with Gasteiger partial charge < -0.3 is 0 Å². The summed E-state index contributed by atoms with van der Waals surface area (Å²) >= 11 is 0. The molecule has 0 saturated heterocycles. The van der Waals surface area contributed by atoms with Crippen LogP contribution in [-0.4, -0.2) is 16.3 Å². The van der Waals surface area contributed by atoms with Gasteiger partial charge in [-0.15, -0.1) is 0 Å². The van der Waals surface area contributed by atoms with E-state index in [0.717, 1.165) is 23.0 Å². The van der Waals surface area contributed by atoms with E-state index in [1.54, 1.807) is 0 Å². The molecule has 0 unspecified atom stereocenters. The van der Waals surface area contributed by atoms with E-state index in [2.05, 4.69) is 15.1 Å². The Hall–Kier alpha value is -2.00. The van der Waals surface area contributed by atoms with Crippen LogP contribution in [0.4, 0.5) is 0 Å². The number of rotatable bonds is 3. The molecule has 0 bridgehead atoms.